The third kappa shape index (κ3) is 6.19. The van der Waals surface area contributed by atoms with E-state index in [1.807, 2.05) is 0 Å². The van der Waals surface area contributed by atoms with Crippen molar-refractivity contribution in [3.63, 3.8) is 0 Å². The molecule has 19 heavy (non-hydrogen) atoms. The van der Waals surface area contributed by atoms with Crippen molar-refractivity contribution in [2.24, 2.45) is 5.73 Å². The minimum Gasteiger partial charge on any atom is -0.379 e. The van der Waals surface area contributed by atoms with E-state index in [4.69, 9.17) is 15.2 Å². The molecule has 0 spiro atoms. The summed E-state index contributed by atoms with van der Waals surface area (Å²) in [6, 6.07) is 6.28. The summed E-state index contributed by atoms with van der Waals surface area (Å²) in [7, 11) is 0. The van der Waals surface area contributed by atoms with E-state index in [-0.39, 0.29) is 6.04 Å². The Hall–Kier alpha value is -0.900. The molecule has 1 aromatic rings. The molecule has 2 N–H and O–H groups in total. The van der Waals surface area contributed by atoms with Gasteiger partial charge < -0.3 is 15.2 Å². The maximum atomic E-state index is 6.14. The van der Waals surface area contributed by atoms with E-state index in [9.17, 15) is 0 Å². The molecule has 1 unspecified atom stereocenters. The highest BCUT2D eigenvalue weighted by Gasteiger charge is 2.08. The van der Waals surface area contributed by atoms with Gasteiger partial charge in [-0.05, 0) is 31.4 Å². The van der Waals surface area contributed by atoms with Crippen molar-refractivity contribution in [2.45, 2.75) is 39.7 Å². The summed E-state index contributed by atoms with van der Waals surface area (Å²) in [6.45, 7) is 8.97. The lowest BCUT2D eigenvalue weighted by molar-refractivity contribution is 0.0416. The molecule has 0 fully saturated rings. The number of ether oxygens (including phenoxy) is 2. The van der Waals surface area contributed by atoms with Gasteiger partial charge in [-0.3, -0.25) is 0 Å². The normalized spacial score (nSPS) is 12.6. The molecular formula is C16H27NO2. The summed E-state index contributed by atoms with van der Waals surface area (Å²) in [6.07, 6.45) is 2.28. The number of hydrogen-bond donors (Lipinski definition) is 1. The molecule has 0 aliphatic heterocycles. The first-order chi connectivity index (χ1) is 9.15. The van der Waals surface area contributed by atoms with Crippen LogP contribution in [0.2, 0.25) is 0 Å². The van der Waals surface area contributed by atoms with Crippen molar-refractivity contribution in [2.75, 3.05) is 26.4 Å². The first-order valence-corrected chi connectivity index (χ1v) is 7.13. The van der Waals surface area contributed by atoms with Crippen molar-refractivity contribution >= 4 is 0 Å². The first-order valence-electron chi connectivity index (χ1n) is 7.13. The highest BCUT2D eigenvalue weighted by Crippen LogP contribution is 2.17. The summed E-state index contributed by atoms with van der Waals surface area (Å²) in [5.74, 6) is 0. The van der Waals surface area contributed by atoms with Gasteiger partial charge >= 0.3 is 0 Å². The van der Waals surface area contributed by atoms with Gasteiger partial charge in [-0.2, -0.15) is 0 Å². The predicted octanol–water partition coefficient (Wildman–Crippen LogP) is 3.14. The fourth-order valence-electron chi connectivity index (χ4n) is 2.01. The molecule has 0 aliphatic rings. The third-order valence-corrected chi connectivity index (χ3v) is 3.14. The van der Waals surface area contributed by atoms with E-state index >= 15 is 0 Å². The van der Waals surface area contributed by atoms with Crippen LogP contribution in [-0.4, -0.2) is 26.4 Å². The van der Waals surface area contributed by atoms with E-state index in [2.05, 4.69) is 39.0 Å². The van der Waals surface area contributed by atoms with Gasteiger partial charge in [0.2, 0.25) is 0 Å². The molecule has 3 heteroatoms. The lowest BCUT2D eigenvalue weighted by Gasteiger charge is -2.15. The van der Waals surface area contributed by atoms with Crippen molar-refractivity contribution in [3.05, 3.63) is 34.9 Å². The Bertz CT molecular complexity index is 366. The maximum absolute atomic E-state index is 6.14. The van der Waals surface area contributed by atoms with Gasteiger partial charge in [-0.15, -0.1) is 0 Å². The van der Waals surface area contributed by atoms with Crippen molar-refractivity contribution in [1.82, 2.24) is 0 Å². The fourth-order valence-corrected chi connectivity index (χ4v) is 2.01. The number of hydrogen-bond acceptors (Lipinski definition) is 3. The summed E-state index contributed by atoms with van der Waals surface area (Å²) >= 11 is 0. The molecule has 0 amide bonds. The van der Waals surface area contributed by atoms with Crippen molar-refractivity contribution in [3.8, 4) is 0 Å². The molecule has 108 valence electrons. The van der Waals surface area contributed by atoms with Crippen LogP contribution in [0, 0.1) is 13.8 Å². The summed E-state index contributed by atoms with van der Waals surface area (Å²) in [5, 5.41) is 0. The maximum Gasteiger partial charge on any atom is 0.0701 e. The van der Waals surface area contributed by atoms with Crippen LogP contribution in [0.4, 0.5) is 0 Å². The molecule has 3 nitrogen and oxygen atoms in total. The average Bonchev–Trinajstić information content (AvgIpc) is 2.37. The zero-order valence-corrected chi connectivity index (χ0v) is 12.4. The largest absolute Gasteiger partial charge is 0.379 e. The van der Waals surface area contributed by atoms with Crippen LogP contribution in [0.5, 0.6) is 0 Å². The third-order valence-electron chi connectivity index (χ3n) is 3.14. The van der Waals surface area contributed by atoms with Gasteiger partial charge in [-0.1, -0.05) is 37.1 Å². The zero-order valence-electron chi connectivity index (χ0n) is 12.4. The zero-order chi connectivity index (χ0) is 14.1. The number of benzene rings is 1. The number of rotatable bonds is 9. The van der Waals surface area contributed by atoms with Crippen LogP contribution in [0.3, 0.4) is 0 Å². The molecular weight excluding hydrogens is 238 g/mol. The van der Waals surface area contributed by atoms with Gasteiger partial charge in [0, 0.05) is 6.61 Å². The van der Waals surface area contributed by atoms with E-state index in [0.29, 0.717) is 19.8 Å². The molecule has 1 atom stereocenters. The van der Waals surface area contributed by atoms with Crippen LogP contribution >= 0.6 is 0 Å². The lowest BCUT2D eigenvalue weighted by atomic mass is 10.0. The number of aryl methyl sites for hydroxylation is 2. The topological polar surface area (TPSA) is 44.5 Å². The molecule has 0 saturated carbocycles. The second-order valence-corrected chi connectivity index (χ2v) is 5.01. The van der Waals surface area contributed by atoms with Crippen LogP contribution < -0.4 is 5.73 Å². The SMILES string of the molecule is CCCCOCCOCC(N)c1ccc(C)cc1C. The number of unbranched alkanes of at least 4 members (excludes halogenated alkanes) is 1. The fraction of sp³-hybridized carbons (Fsp3) is 0.625. The second kappa shape index (κ2) is 9.08. The Balaban J connectivity index is 2.22. The molecule has 0 bridgehead atoms. The van der Waals surface area contributed by atoms with Crippen molar-refractivity contribution in [1.29, 1.82) is 0 Å². The highest BCUT2D eigenvalue weighted by molar-refractivity contribution is 5.32. The molecule has 0 heterocycles. The smallest absolute Gasteiger partial charge is 0.0701 e. The highest BCUT2D eigenvalue weighted by atomic mass is 16.5. The van der Waals surface area contributed by atoms with E-state index < -0.39 is 0 Å². The quantitative estimate of drug-likeness (QED) is 0.698. The Morgan fingerprint density at radius 1 is 1.11 bits per heavy atom. The molecule has 0 saturated heterocycles. The van der Waals surface area contributed by atoms with Gasteiger partial charge in [0.15, 0.2) is 0 Å². The van der Waals surface area contributed by atoms with Gasteiger partial charge in [0.25, 0.3) is 0 Å². The predicted molar refractivity (Wildman–Crippen MR) is 79.4 cm³/mol. The second-order valence-electron chi connectivity index (χ2n) is 5.01. The monoisotopic (exact) mass is 265 g/mol. The summed E-state index contributed by atoms with van der Waals surface area (Å²) in [4.78, 5) is 0. The Morgan fingerprint density at radius 3 is 2.53 bits per heavy atom. The molecule has 0 aliphatic carbocycles. The average molecular weight is 265 g/mol. The molecule has 1 rings (SSSR count). The minimum absolute atomic E-state index is 0.0590. The summed E-state index contributed by atoms with van der Waals surface area (Å²) in [5.41, 5.74) is 9.80. The molecule has 0 radical (unpaired) electrons. The first kappa shape index (κ1) is 16.2. The lowest BCUT2D eigenvalue weighted by Crippen LogP contribution is -2.19. The van der Waals surface area contributed by atoms with E-state index in [0.717, 1.165) is 18.6 Å². The van der Waals surface area contributed by atoms with Crippen LogP contribution in [-0.2, 0) is 9.47 Å². The molecule has 0 aromatic heterocycles. The van der Waals surface area contributed by atoms with Gasteiger partial charge in [-0.25, -0.2) is 0 Å². The van der Waals surface area contributed by atoms with Gasteiger partial charge in [0.1, 0.15) is 0 Å². The minimum atomic E-state index is -0.0590. The summed E-state index contributed by atoms with van der Waals surface area (Å²) < 4.78 is 11.0. The van der Waals surface area contributed by atoms with Crippen LogP contribution in [0.25, 0.3) is 0 Å². The van der Waals surface area contributed by atoms with Crippen LogP contribution in [0.1, 0.15) is 42.5 Å². The van der Waals surface area contributed by atoms with E-state index in [1.54, 1.807) is 0 Å². The Kier molecular flexibility index (Phi) is 7.72. The van der Waals surface area contributed by atoms with E-state index in [1.165, 1.54) is 17.5 Å². The van der Waals surface area contributed by atoms with Crippen LogP contribution in [0.15, 0.2) is 18.2 Å². The Labute approximate surface area is 117 Å². The van der Waals surface area contributed by atoms with Gasteiger partial charge in [0.05, 0.1) is 25.9 Å². The molecule has 1 aromatic carbocycles. The Morgan fingerprint density at radius 2 is 1.84 bits per heavy atom. The number of nitrogens with two attached hydrogens (primary N) is 1. The van der Waals surface area contributed by atoms with Crippen molar-refractivity contribution < 1.29 is 9.47 Å². The standard InChI is InChI=1S/C16H27NO2/c1-4-5-8-18-9-10-19-12-16(17)15-7-6-13(2)11-14(15)3/h6-7,11,16H,4-5,8-10,12,17H2,1-3H3.